The minimum Gasteiger partial charge on any atom is -0.414 e. The highest BCUT2D eigenvalue weighted by molar-refractivity contribution is 6.74. The molecule has 0 aromatic carbocycles. The summed E-state index contributed by atoms with van der Waals surface area (Å²) in [6, 6.07) is 0. The van der Waals surface area contributed by atoms with Crippen molar-refractivity contribution in [2.45, 2.75) is 77.1 Å². The van der Waals surface area contributed by atoms with Gasteiger partial charge in [0.25, 0.3) is 0 Å². The van der Waals surface area contributed by atoms with Crippen LogP contribution in [0.25, 0.3) is 0 Å². The molecule has 1 aliphatic rings. The van der Waals surface area contributed by atoms with Crippen molar-refractivity contribution in [3.8, 4) is 0 Å². The van der Waals surface area contributed by atoms with Crippen molar-refractivity contribution in [3.63, 3.8) is 0 Å². The molecule has 84 valence electrons. The summed E-state index contributed by atoms with van der Waals surface area (Å²) in [7, 11) is -1.49. The lowest BCUT2D eigenvalue weighted by molar-refractivity contribution is 0.138. The fourth-order valence-corrected chi connectivity index (χ4v) is 3.20. The Labute approximate surface area is 90.4 Å². The van der Waals surface area contributed by atoms with E-state index in [2.05, 4.69) is 33.9 Å². The van der Waals surface area contributed by atoms with Gasteiger partial charge in [0.1, 0.15) is 0 Å². The van der Waals surface area contributed by atoms with Gasteiger partial charge in [0.05, 0.1) is 0 Å². The quantitative estimate of drug-likeness (QED) is 0.621. The van der Waals surface area contributed by atoms with E-state index in [1.807, 2.05) is 0 Å². The zero-order valence-corrected chi connectivity index (χ0v) is 11.5. The third-order valence-corrected chi connectivity index (χ3v) is 8.35. The van der Waals surface area contributed by atoms with E-state index in [1.54, 1.807) is 0 Å². The third-order valence-electron chi connectivity index (χ3n) is 3.82. The van der Waals surface area contributed by atoms with E-state index in [0.29, 0.717) is 11.1 Å². The molecule has 0 atom stereocenters. The monoisotopic (exact) mass is 214 g/mol. The first kappa shape index (κ1) is 12.2. The zero-order valence-electron chi connectivity index (χ0n) is 10.5. The van der Waals surface area contributed by atoms with Crippen LogP contribution in [-0.4, -0.2) is 14.4 Å². The van der Waals surface area contributed by atoms with Gasteiger partial charge in [-0.15, -0.1) is 0 Å². The first-order valence-corrected chi connectivity index (χ1v) is 8.91. The molecule has 0 spiro atoms. The van der Waals surface area contributed by atoms with Gasteiger partial charge in [0, 0.05) is 6.10 Å². The Balaban J connectivity index is 2.49. The van der Waals surface area contributed by atoms with E-state index in [4.69, 9.17) is 4.43 Å². The van der Waals surface area contributed by atoms with Crippen molar-refractivity contribution in [3.05, 3.63) is 0 Å². The second-order valence-corrected chi connectivity index (χ2v) is 10.9. The molecule has 0 amide bonds. The Hall–Kier alpha value is 0.177. The number of rotatable bonds is 2. The second kappa shape index (κ2) is 4.36. The van der Waals surface area contributed by atoms with Gasteiger partial charge in [-0.1, -0.05) is 40.0 Å². The summed E-state index contributed by atoms with van der Waals surface area (Å²) in [6.07, 6.45) is 7.33. The Morgan fingerprint density at radius 3 is 1.93 bits per heavy atom. The highest BCUT2D eigenvalue weighted by Gasteiger charge is 2.39. The highest BCUT2D eigenvalue weighted by Crippen LogP contribution is 2.38. The molecule has 0 aromatic rings. The van der Waals surface area contributed by atoms with Gasteiger partial charge in [-0.3, -0.25) is 0 Å². The topological polar surface area (TPSA) is 9.23 Å². The first-order chi connectivity index (χ1) is 6.33. The maximum atomic E-state index is 6.38. The maximum Gasteiger partial charge on any atom is 0.192 e. The molecule has 0 bridgehead atoms. The lowest BCUT2D eigenvalue weighted by atomic mass is 9.98. The second-order valence-electron chi connectivity index (χ2n) is 6.14. The minimum absolute atomic E-state index is 0.366. The van der Waals surface area contributed by atoms with Gasteiger partial charge < -0.3 is 4.43 Å². The SMILES string of the molecule is CC(C)(C)[Si](C)(C)OC1CCCCC1. The van der Waals surface area contributed by atoms with E-state index < -0.39 is 8.32 Å². The molecule has 1 rings (SSSR count). The van der Waals surface area contributed by atoms with Crippen LogP contribution in [0.5, 0.6) is 0 Å². The molecule has 0 N–H and O–H groups in total. The van der Waals surface area contributed by atoms with Crippen LogP contribution >= 0.6 is 0 Å². The molecule has 0 aromatic heterocycles. The highest BCUT2D eigenvalue weighted by atomic mass is 28.4. The van der Waals surface area contributed by atoms with Crippen LogP contribution < -0.4 is 0 Å². The van der Waals surface area contributed by atoms with Crippen molar-refractivity contribution in [1.82, 2.24) is 0 Å². The predicted octanol–water partition coefficient (Wildman–Crippen LogP) is 4.34. The van der Waals surface area contributed by atoms with E-state index in [9.17, 15) is 0 Å². The Bertz CT molecular complexity index is 175. The van der Waals surface area contributed by atoms with Crippen molar-refractivity contribution in [1.29, 1.82) is 0 Å². The van der Waals surface area contributed by atoms with E-state index in [1.165, 1.54) is 32.1 Å². The third kappa shape index (κ3) is 3.09. The van der Waals surface area contributed by atoms with Crippen LogP contribution in [0.1, 0.15) is 52.9 Å². The fraction of sp³-hybridized carbons (Fsp3) is 1.00. The summed E-state index contributed by atoms with van der Waals surface area (Å²) in [5.74, 6) is 0. The summed E-state index contributed by atoms with van der Waals surface area (Å²) in [5, 5.41) is 0.366. The van der Waals surface area contributed by atoms with E-state index >= 15 is 0 Å². The molecule has 0 unspecified atom stereocenters. The summed E-state index contributed by atoms with van der Waals surface area (Å²) >= 11 is 0. The van der Waals surface area contributed by atoms with Crippen LogP contribution in [0.2, 0.25) is 18.1 Å². The summed E-state index contributed by atoms with van der Waals surface area (Å²) < 4.78 is 6.38. The van der Waals surface area contributed by atoms with Gasteiger partial charge in [-0.25, -0.2) is 0 Å². The molecule has 0 saturated heterocycles. The molecule has 1 fully saturated rings. The molecule has 0 aliphatic heterocycles. The Morgan fingerprint density at radius 2 is 1.50 bits per heavy atom. The largest absolute Gasteiger partial charge is 0.414 e. The van der Waals surface area contributed by atoms with E-state index in [0.717, 1.165) is 0 Å². The molecule has 1 nitrogen and oxygen atoms in total. The average molecular weight is 214 g/mol. The van der Waals surface area contributed by atoms with Crippen LogP contribution in [0.3, 0.4) is 0 Å². The molecular formula is C12H26OSi. The molecular weight excluding hydrogens is 188 g/mol. The normalized spacial score (nSPS) is 21.2. The lowest BCUT2D eigenvalue weighted by Gasteiger charge is -2.40. The van der Waals surface area contributed by atoms with Gasteiger partial charge in [0.15, 0.2) is 8.32 Å². The van der Waals surface area contributed by atoms with Gasteiger partial charge in [0.2, 0.25) is 0 Å². The lowest BCUT2D eigenvalue weighted by Crippen LogP contribution is -2.44. The number of hydrogen-bond acceptors (Lipinski definition) is 1. The molecule has 1 saturated carbocycles. The molecule has 14 heavy (non-hydrogen) atoms. The predicted molar refractivity (Wildman–Crippen MR) is 65.2 cm³/mol. The van der Waals surface area contributed by atoms with Gasteiger partial charge in [-0.2, -0.15) is 0 Å². The van der Waals surface area contributed by atoms with E-state index in [-0.39, 0.29) is 0 Å². The van der Waals surface area contributed by atoms with Crippen molar-refractivity contribution in [2.24, 2.45) is 0 Å². The fourth-order valence-electron chi connectivity index (χ4n) is 1.78. The minimum atomic E-state index is -1.49. The smallest absolute Gasteiger partial charge is 0.192 e. The molecule has 0 heterocycles. The van der Waals surface area contributed by atoms with Crippen LogP contribution in [0.4, 0.5) is 0 Å². The first-order valence-electron chi connectivity index (χ1n) is 6.01. The summed E-state index contributed by atoms with van der Waals surface area (Å²) in [4.78, 5) is 0. The van der Waals surface area contributed by atoms with Crippen LogP contribution in [-0.2, 0) is 4.43 Å². The molecule has 0 radical (unpaired) electrons. The van der Waals surface area contributed by atoms with Crippen LogP contribution in [0.15, 0.2) is 0 Å². The summed E-state index contributed by atoms with van der Waals surface area (Å²) in [6.45, 7) is 11.7. The van der Waals surface area contributed by atoms with Gasteiger partial charge >= 0.3 is 0 Å². The number of hydrogen-bond donors (Lipinski definition) is 0. The van der Waals surface area contributed by atoms with Crippen molar-refractivity contribution >= 4 is 8.32 Å². The Morgan fingerprint density at radius 1 is 1.00 bits per heavy atom. The van der Waals surface area contributed by atoms with Crippen molar-refractivity contribution in [2.75, 3.05) is 0 Å². The summed E-state index contributed by atoms with van der Waals surface area (Å²) in [5.41, 5.74) is 0. The van der Waals surface area contributed by atoms with Crippen molar-refractivity contribution < 1.29 is 4.43 Å². The zero-order chi connectivity index (χ0) is 10.8. The Kier molecular flexibility index (Phi) is 3.81. The van der Waals surface area contributed by atoms with Gasteiger partial charge in [-0.05, 0) is 31.0 Å². The molecule has 1 aliphatic carbocycles. The van der Waals surface area contributed by atoms with Crippen LogP contribution in [0, 0.1) is 0 Å². The average Bonchev–Trinajstić information content (AvgIpc) is 2.03. The molecule has 2 heteroatoms. The standard InChI is InChI=1S/C12H26OSi/c1-12(2,3)14(4,5)13-11-9-7-6-8-10-11/h11H,6-10H2,1-5H3. The maximum absolute atomic E-state index is 6.38.